The minimum Gasteiger partial charge on any atom is -0.349 e. The van der Waals surface area contributed by atoms with Crippen molar-refractivity contribution >= 4 is 41.7 Å². The minimum absolute atomic E-state index is 0. The SMILES string of the molecule is CC(NC(=O)CC1CSCCN1)c1ccc(F)cc1Cl.Cl. The number of hydrogen-bond donors (Lipinski definition) is 2. The number of rotatable bonds is 4. The molecule has 1 saturated heterocycles. The van der Waals surface area contributed by atoms with E-state index in [1.54, 1.807) is 6.07 Å². The van der Waals surface area contributed by atoms with Crippen molar-refractivity contribution in [3.63, 3.8) is 0 Å². The molecule has 1 aliphatic rings. The minimum atomic E-state index is -0.374. The Balaban J connectivity index is 0.00000220. The summed E-state index contributed by atoms with van der Waals surface area (Å²) < 4.78 is 13.0. The summed E-state index contributed by atoms with van der Waals surface area (Å²) in [5.41, 5.74) is 0.729. The van der Waals surface area contributed by atoms with Crippen LogP contribution in [0.25, 0.3) is 0 Å². The van der Waals surface area contributed by atoms with Crippen molar-refractivity contribution in [3.8, 4) is 0 Å². The van der Waals surface area contributed by atoms with Gasteiger partial charge in [0, 0.05) is 35.5 Å². The Morgan fingerprint density at radius 1 is 1.62 bits per heavy atom. The second kappa shape index (κ2) is 8.83. The standard InChI is InChI=1S/C14H18ClFN2OS.ClH/c1-9(12-3-2-10(16)6-13(12)15)18-14(19)7-11-8-20-5-4-17-11;/h2-3,6,9,11,17H,4-5,7-8H2,1H3,(H,18,19);1H. The third-order valence-corrected chi connectivity index (χ3v) is 4.69. The highest BCUT2D eigenvalue weighted by molar-refractivity contribution is 7.99. The van der Waals surface area contributed by atoms with E-state index in [1.807, 2.05) is 18.7 Å². The fraction of sp³-hybridized carbons (Fsp3) is 0.500. The first kappa shape index (κ1) is 18.6. The lowest BCUT2D eigenvalue weighted by molar-refractivity contribution is -0.122. The number of benzene rings is 1. The van der Waals surface area contributed by atoms with E-state index >= 15 is 0 Å². The van der Waals surface area contributed by atoms with Crippen LogP contribution in [0.4, 0.5) is 4.39 Å². The van der Waals surface area contributed by atoms with Crippen molar-refractivity contribution in [2.45, 2.75) is 25.4 Å². The van der Waals surface area contributed by atoms with Gasteiger partial charge in [-0.25, -0.2) is 4.39 Å². The first-order valence-corrected chi connectivity index (χ1v) is 8.15. The molecular weight excluding hydrogens is 334 g/mol. The van der Waals surface area contributed by atoms with E-state index in [-0.39, 0.29) is 36.2 Å². The highest BCUT2D eigenvalue weighted by Gasteiger charge is 2.19. The van der Waals surface area contributed by atoms with E-state index in [2.05, 4.69) is 10.6 Å². The van der Waals surface area contributed by atoms with Crippen LogP contribution in [0.2, 0.25) is 5.02 Å². The van der Waals surface area contributed by atoms with Crippen LogP contribution in [0.5, 0.6) is 0 Å². The predicted molar refractivity (Wildman–Crippen MR) is 88.9 cm³/mol. The molecule has 1 fully saturated rings. The van der Waals surface area contributed by atoms with E-state index < -0.39 is 0 Å². The van der Waals surface area contributed by atoms with E-state index in [9.17, 15) is 9.18 Å². The van der Waals surface area contributed by atoms with Crippen LogP contribution in [-0.2, 0) is 4.79 Å². The number of carbonyl (C=O) groups is 1. The van der Waals surface area contributed by atoms with Crippen LogP contribution >= 0.6 is 35.8 Å². The molecule has 0 aliphatic carbocycles. The summed E-state index contributed by atoms with van der Waals surface area (Å²) in [5, 5.41) is 6.57. The molecule has 2 N–H and O–H groups in total. The Kier molecular flexibility index (Phi) is 7.81. The van der Waals surface area contributed by atoms with Gasteiger partial charge < -0.3 is 10.6 Å². The van der Waals surface area contributed by atoms with Gasteiger partial charge in [-0.2, -0.15) is 11.8 Å². The molecule has 0 aromatic heterocycles. The van der Waals surface area contributed by atoms with Gasteiger partial charge in [0.2, 0.25) is 5.91 Å². The first-order chi connectivity index (χ1) is 9.56. The molecule has 21 heavy (non-hydrogen) atoms. The summed E-state index contributed by atoms with van der Waals surface area (Å²) in [7, 11) is 0. The zero-order chi connectivity index (χ0) is 14.5. The second-order valence-corrected chi connectivity index (χ2v) is 6.44. The van der Waals surface area contributed by atoms with Crippen LogP contribution in [0.3, 0.4) is 0 Å². The molecule has 0 spiro atoms. The molecule has 0 bridgehead atoms. The van der Waals surface area contributed by atoms with Gasteiger partial charge in [-0.1, -0.05) is 17.7 Å². The van der Waals surface area contributed by atoms with Gasteiger partial charge in [0.15, 0.2) is 0 Å². The van der Waals surface area contributed by atoms with E-state index in [4.69, 9.17) is 11.6 Å². The lowest BCUT2D eigenvalue weighted by Crippen LogP contribution is -2.41. The monoisotopic (exact) mass is 352 g/mol. The highest BCUT2D eigenvalue weighted by Crippen LogP contribution is 2.23. The fourth-order valence-electron chi connectivity index (χ4n) is 2.21. The lowest BCUT2D eigenvalue weighted by Gasteiger charge is -2.23. The molecule has 1 aromatic rings. The normalized spacial score (nSPS) is 19.5. The van der Waals surface area contributed by atoms with Crippen molar-refractivity contribution in [1.82, 2.24) is 10.6 Å². The van der Waals surface area contributed by atoms with Gasteiger partial charge in [0.1, 0.15) is 5.82 Å². The largest absolute Gasteiger partial charge is 0.349 e. The Hall–Kier alpha value is -0.490. The Morgan fingerprint density at radius 2 is 2.38 bits per heavy atom. The number of halogens is 3. The van der Waals surface area contributed by atoms with Gasteiger partial charge in [0.25, 0.3) is 0 Å². The van der Waals surface area contributed by atoms with E-state index in [1.165, 1.54) is 12.1 Å². The summed E-state index contributed by atoms with van der Waals surface area (Å²) in [5.74, 6) is 1.66. The molecule has 3 nitrogen and oxygen atoms in total. The number of amides is 1. The molecule has 2 rings (SSSR count). The van der Waals surface area contributed by atoms with Crippen LogP contribution in [0.1, 0.15) is 24.9 Å². The fourth-order valence-corrected chi connectivity index (χ4v) is 3.49. The molecule has 1 aromatic carbocycles. The van der Waals surface area contributed by atoms with Crippen LogP contribution in [0, 0.1) is 5.82 Å². The Bertz CT molecular complexity index is 484. The summed E-state index contributed by atoms with van der Waals surface area (Å²) in [6, 6.07) is 4.22. The van der Waals surface area contributed by atoms with Gasteiger partial charge in [-0.05, 0) is 24.6 Å². The van der Waals surface area contributed by atoms with Crippen LogP contribution < -0.4 is 10.6 Å². The van der Waals surface area contributed by atoms with E-state index in [0.29, 0.717) is 11.4 Å². The molecule has 2 atom stereocenters. The summed E-state index contributed by atoms with van der Waals surface area (Å²) in [4.78, 5) is 12.0. The quantitative estimate of drug-likeness (QED) is 0.874. The molecule has 7 heteroatoms. The number of thioether (sulfide) groups is 1. The molecule has 1 heterocycles. The second-order valence-electron chi connectivity index (χ2n) is 4.89. The van der Waals surface area contributed by atoms with Crippen LogP contribution in [-0.4, -0.2) is 30.0 Å². The molecule has 1 aliphatic heterocycles. The Labute approximate surface area is 139 Å². The topological polar surface area (TPSA) is 41.1 Å². The number of hydrogen-bond acceptors (Lipinski definition) is 3. The molecule has 118 valence electrons. The average Bonchev–Trinajstić information content (AvgIpc) is 2.39. The zero-order valence-electron chi connectivity index (χ0n) is 11.7. The van der Waals surface area contributed by atoms with Gasteiger partial charge in [0.05, 0.1) is 6.04 Å². The molecule has 0 radical (unpaired) electrons. The smallest absolute Gasteiger partial charge is 0.222 e. The summed E-state index contributed by atoms with van der Waals surface area (Å²) in [6.07, 6.45) is 0.455. The number of nitrogens with one attached hydrogen (secondary N) is 2. The van der Waals surface area contributed by atoms with Crippen molar-refractivity contribution in [1.29, 1.82) is 0 Å². The van der Waals surface area contributed by atoms with Crippen molar-refractivity contribution in [3.05, 3.63) is 34.6 Å². The summed E-state index contributed by atoms with van der Waals surface area (Å²) >= 11 is 7.85. The predicted octanol–water partition coefficient (Wildman–Crippen LogP) is 3.17. The van der Waals surface area contributed by atoms with Gasteiger partial charge in [-0.15, -0.1) is 12.4 Å². The Morgan fingerprint density at radius 3 is 3.00 bits per heavy atom. The highest BCUT2D eigenvalue weighted by atomic mass is 35.5. The van der Waals surface area contributed by atoms with E-state index in [0.717, 1.165) is 23.6 Å². The third-order valence-electron chi connectivity index (χ3n) is 3.24. The zero-order valence-corrected chi connectivity index (χ0v) is 14.1. The molecule has 1 amide bonds. The third kappa shape index (κ3) is 5.66. The first-order valence-electron chi connectivity index (χ1n) is 6.61. The van der Waals surface area contributed by atoms with Gasteiger partial charge in [-0.3, -0.25) is 4.79 Å². The van der Waals surface area contributed by atoms with Crippen molar-refractivity contribution < 1.29 is 9.18 Å². The van der Waals surface area contributed by atoms with Crippen molar-refractivity contribution in [2.24, 2.45) is 0 Å². The van der Waals surface area contributed by atoms with Gasteiger partial charge >= 0.3 is 0 Å². The average molecular weight is 353 g/mol. The lowest BCUT2D eigenvalue weighted by atomic mass is 10.1. The number of carbonyl (C=O) groups excluding carboxylic acids is 1. The maximum atomic E-state index is 13.0. The summed E-state index contributed by atoms with van der Waals surface area (Å²) in [6.45, 7) is 2.79. The maximum absolute atomic E-state index is 13.0. The van der Waals surface area contributed by atoms with Crippen molar-refractivity contribution in [2.75, 3.05) is 18.1 Å². The van der Waals surface area contributed by atoms with Crippen LogP contribution in [0.15, 0.2) is 18.2 Å². The maximum Gasteiger partial charge on any atom is 0.222 e. The molecule has 0 saturated carbocycles. The molecule has 2 unspecified atom stereocenters. The molecular formula is C14H19Cl2FN2OS.